The summed E-state index contributed by atoms with van der Waals surface area (Å²) in [6.07, 6.45) is 0. The average molecular weight is 545 g/mol. The number of ether oxygens (including phenoxy) is 6. The quantitative estimate of drug-likeness (QED) is 0.179. The third-order valence-electron chi connectivity index (χ3n) is 6.22. The van der Waals surface area contributed by atoms with Crippen LogP contribution in [0, 0.1) is 0 Å². The lowest BCUT2D eigenvalue weighted by molar-refractivity contribution is 0.175. The molecule has 4 rings (SSSR count). The van der Waals surface area contributed by atoms with Gasteiger partial charge in [-0.1, -0.05) is 0 Å². The zero-order chi connectivity index (χ0) is 28.5. The van der Waals surface area contributed by atoms with E-state index in [0.717, 1.165) is 33.4 Å². The molecule has 0 saturated carbocycles. The molecule has 210 valence electrons. The molecular weight excluding hydrogens is 508 g/mol. The maximum Gasteiger partial charge on any atom is 0.138 e. The first-order valence-corrected chi connectivity index (χ1v) is 12.8. The van der Waals surface area contributed by atoms with Gasteiger partial charge in [-0.25, -0.2) is 0 Å². The molecule has 8 nitrogen and oxygen atoms in total. The van der Waals surface area contributed by atoms with Crippen molar-refractivity contribution in [1.82, 2.24) is 0 Å². The second kappa shape index (κ2) is 13.8. The molecule has 4 aromatic rings. The van der Waals surface area contributed by atoms with Gasteiger partial charge in [0.05, 0.1) is 26.4 Å². The summed E-state index contributed by atoms with van der Waals surface area (Å²) in [6.45, 7) is 1.40. The molecule has 0 atom stereocenters. The van der Waals surface area contributed by atoms with Crippen LogP contribution >= 0.6 is 0 Å². The Kier molecular flexibility index (Phi) is 9.99. The van der Waals surface area contributed by atoms with Crippen molar-refractivity contribution in [2.24, 2.45) is 0 Å². The highest BCUT2D eigenvalue weighted by atomic mass is 16.5. The van der Waals surface area contributed by atoms with E-state index in [2.05, 4.69) is 24.3 Å². The second-order valence-electron chi connectivity index (χ2n) is 9.32. The fourth-order valence-electron chi connectivity index (χ4n) is 4.46. The Balaban J connectivity index is 1.82. The highest BCUT2D eigenvalue weighted by Crippen LogP contribution is 2.39. The minimum atomic E-state index is 0.350. The van der Waals surface area contributed by atoms with Gasteiger partial charge < -0.3 is 39.9 Å². The van der Waals surface area contributed by atoms with E-state index < -0.39 is 0 Å². The van der Waals surface area contributed by atoms with E-state index in [1.54, 1.807) is 52.7 Å². The van der Waals surface area contributed by atoms with Crippen LogP contribution < -0.4 is 20.9 Å². The number of hydrogen-bond acceptors (Lipinski definition) is 8. The summed E-state index contributed by atoms with van der Waals surface area (Å²) in [4.78, 5) is 0. The van der Waals surface area contributed by atoms with Crippen LogP contribution in [0.1, 0.15) is 22.3 Å². The summed E-state index contributed by atoms with van der Waals surface area (Å²) in [5.74, 6) is 2.72. The van der Waals surface area contributed by atoms with Gasteiger partial charge in [-0.15, -0.1) is 0 Å². The highest BCUT2D eigenvalue weighted by Gasteiger charge is 2.19. The monoisotopic (exact) mass is 544 g/mol. The van der Waals surface area contributed by atoms with E-state index in [4.69, 9.17) is 39.9 Å². The predicted molar refractivity (Wildman–Crippen MR) is 157 cm³/mol. The van der Waals surface area contributed by atoms with Gasteiger partial charge in [0.25, 0.3) is 0 Å². The molecule has 0 aromatic heterocycles. The molecular formula is C32H36N2O6. The molecule has 8 heteroatoms. The first kappa shape index (κ1) is 28.9. The van der Waals surface area contributed by atoms with Crippen LogP contribution in [0.3, 0.4) is 0 Å². The SMILES string of the molecule is COCc1cc(-c2cc(COC)c(Oc3ccc(N)cc3)c(COC)c2)cc(COC)c1Oc1ccc(N)cc1. The van der Waals surface area contributed by atoms with E-state index in [9.17, 15) is 0 Å². The van der Waals surface area contributed by atoms with Crippen molar-refractivity contribution in [2.45, 2.75) is 26.4 Å². The van der Waals surface area contributed by atoms with E-state index in [0.29, 0.717) is 60.8 Å². The molecule has 0 spiro atoms. The standard InChI is InChI=1S/C32H36N2O6/c1-35-17-23-13-21(14-24(18-36-2)31(23)39-29-9-5-27(33)6-10-29)22-15-25(19-37-3)32(26(16-22)20-38-4)40-30-11-7-28(34)8-12-30/h5-16H,17-20,33-34H2,1-4H3. The van der Waals surface area contributed by atoms with Crippen LogP contribution in [0.4, 0.5) is 11.4 Å². The molecule has 0 fully saturated rings. The van der Waals surface area contributed by atoms with Crippen molar-refractivity contribution < 1.29 is 28.4 Å². The Hall–Kier alpha value is -4.08. The van der Waals surface area contributed by atoms with Gasteiger partial charge in [-0.2, -0.15) is 0 Å². The summed E-state index contributed by atoms with van der Waals surface area (Å²) in [6, 6.07) is 22.8. The van der Waals surface area contributed by atoms with Crippen LogP contribution in [0.15, 0.2) is 72.8 Å². The molecule has 0 aliphatic carbocycles. The van der Waals surface area contributed by atoms with Crippen LogP contribution in [-0.2, 0) is 45.4 Å². The molecule has 0 unspecified atom stereocenters. The minimum Gasteiger partial charge on any atom is -0.457 e. The third kappa shape index (κ3) is 7.11. The fraction of sp³-hybridized carbons (Fsp3) is 0.250. The fourth-order valence-corrected chi connectivity index (χ4v) is 4.46. The number of anilines is 2. The Morgan fingerprint density at radius 3 is 0.975 bits per heavy atom. The van der Waals surface area contributed by atoms with E-state index in [1.165, 1.54) is 0 Å². The van der Waals surface area contributed by atoms with Crippen LogP contribution in [0.25, 0.3) is 11.1 Å². The Labute approximate surface area is 235 Å². The normalized spacial score (nSPS) is 11.0. The topological polar surface area (TPSA) is 107 Å². The van der Waals surface area contributed by atoms with E-state index in [-0.39, 0.29) is 0 Å². The van der Waals surface area contributed by atoms with E-state index >= 15 is 0 Å². The molecule has 0 amide bonds. The lowest BCUT2D eigenvalue weighted by Gasteiger charge is -2.20. The number of benzene rings is 4. The number of hydrogen-bond donors (Lipinski definition) is 2. The summed E-state index contributed by atoms with van der Waals surface area (Å²) in [5, 5.41) is 0. The lowest BCUT2D eigenvalue weighted by atomic mass is 9.95. The minimum absolute atomic E-state index is 0.350. The third-order valence-corrected chi connectivity index (χ3v) is 6.22. The molecule has 0 saturated heterocycles. The van der Waals surface area contributed by atoms with Gasteiger partial charge in [0.1, 0.15) is 23.0 Å². The van der Waals surface area contributed by atoms with Gasteiger partial charge in [-0.3, -0.25) is 0 Å². The van der Waals surface area contributed by atoms with Crippen molar-refractivity contribution in [3.63, 3.8) is 0 Å². The molecule has 0 radical (unpaired) electrons. The molecule has 4 N–H and O–H groups in total. The molecule has 4 aromatic carbocycles. The van der Waals surface area contributed by atoms with Crippen LogP contribution in [-0.4, -0.2) is 28.4 Å². The Morgan fingerprint density at radius 1 is 0.450 bits per heavy atom. The molecule has 0 bridgehead atoms. The first-order chi connectivity index (χ1) is 19.4. The second-order valence-corrected chi connectivity index (χ2v) is 9.32. The van der Waals surface area contributed by atoms with Crippen LogP contribution in [0.2, 0.25) is 0 Å². The maximum absolute atomic E-state index is 6.33. The average Bonchev–Trinajstić information content (AvgIpc) is 2.94. The zero-order valence-electron chi connectivity index (χ0n) is 23.4. The molecule has 40 heavy (non-hydrogen) atoms. The van der Waals surface area contributed by atoms with Crippen molar-refractivity contribution in [3.8, 4) is 34.1 Å². The maximum atomic E-state index is 6.33. The molecule has 0 aliphatic heterocycles. The Morgan fingerprint density at radius 2 is 0.725 bits per heavy atom. The number of methoxy groups -OCH3 is 4. The first-order valence-electron chi connectivity index (χ1n) is 12.8. The van der Waals surface area contributed by atoms with Gasteiger partial charge in [0, 0.05) is 62.1 Å². The largest absolute Gasteiger partial charge is 0.457 e. The summed E-state index contributed by atoms with van der Waals surface area (Å²) in [7, 11) is 6.64. The van der Waals surface area contributed by atoms with Crippen LogP contribution in [0.5, 0.6) is 23.0 Å². The molecule has 0 aliphatic rings. The van der Waals surface area contributed by atoms with Gasteiger partial charge in [0.2, 0.25) is 0 Å². The highest BCUT2D eigenvalue weighted by molar-refractivity contribution is 5.71. The summed E-state index contributed by atoms with van der Waals surface area (Å²) >= 11 is 0. The number of rotatable bonds is 13. The van der Waals surface area contributed by atoms with Crippen molar-refractivity contribution in [3.05, 3.63) is 95.1 Å². The van der Waals surface area contributed by atoms with Gasteiger partial charge >= 0.3 is 0 Å². The number of nitrogens with two attached hydrogens (primary N) is 2. The predicted octanol–water partition coefficient (Wildman–Crippen LogP) is 6.69. The summed E-state index contributed by atoms with van der Waals surface area (Å²) in [5.41, 5.74) is 18.5. The Bertz CT molecular complexity index is 1240. The molecule has 0 heterocycles. The van der Waals surface area contributed by atoms with Crippen molar-refractivity contribution in [2.75, 3.05) is 39.9 Å². The van der Waals surface area contributed by atoms with Gasteiger partial charge in [0.15, 0.2) is 0 Å². The van der Waals surface area contributed by atoms with Crippen molar-refractivity contribution in [1.29, 1.82) is 0 Å². The summed E-state index contributed by atoms with van der Waals surface area (Å²) < 4.78 is 34.9. The van der Waals surface area contributed by atoms with Crippen molar-refractivity contribution >= 4 is 11.4 Å². The van der Waals surface area contributed by atoms with Gasteiger partial charge in [-0.05, 0) is 83.9 Å². The number of nitrogen functional groups attached to an aromatic ring is 2. The van der Waals surface area contributed by atoms with E-state index in [1.807, 2.05) is 24.3 Å². The zero-order valence-corrected chi connectivity index (χ0v) is 23.4. The lowest BCUT2D eigenvalue weighted by Crippen LogP contribution is -2.03. The smallest absolute Gasteiger partial charge is 0.138 e.